The summed E-state index contributed by atoms with van der Waals surface area (Å²) >= 11 is 0. The number of hydrogen-bond acceptors (Lipinski definition) is 5. The third kappa shape index (κ3) is 6.17. The van der Waals surface area contributed by atoms with E-state index in [1.807, 2.05) is 6.92 Å². The molecule has 5 nitrogen and oxygen atoms in total. The van der Waals surface area contributed by atoms with Crippen molar-refractivity contribution < 1.29 is 24.1 Å². The van der Waals surface area contributed by atoms with Crippen LogP contribution >= 0.6 is 0 Å². The highest BCUT2D eigenvalue weighted by molar-refractivity contribution is 5.82. The van der Waals surface area contributed by atoms with Crippen LogP contribution in [0.5, 0.6) is 0 Å². The monoisotopic (exact) mass is 342 g/mol. The van der Waals surface area contributed by atoms with Crippen LogP contribution in [-0.4, -0.2) is 31.1 Å². The van der Waals surface area contributed by atoms with Gasteiger partial charge in [-0.1, -0.05) is 34.6 Å². The van der Waals surface area contributed by atoms with Gasteiger partial charge in [-0.05, 0) is 25.2 Å². The maximum Gasteiger partial charge on any atom is 0.302 e. The SMILES string of the molecule is CCC(C)(COC(C)=O)C1CC(=O)C(C)CC1OOCCC(C)C. The molecule has 0 spiro atoms. The van der Waals surface area contributed by atoms with Crippen molar-refractivity contribution in [2.75, 3.05) is 13.2 Å². The first-order valence-corrected chi connectivity index (χ1v) is 9.14. The summed E-state index contributed by atoms with van der Waals surface area (Å²) in [5, 5.41) is 0. The Morgan fingerprint density at radius 2 is 2.04 bits per heavy atom. The summed E-state index contributed by atoms with van der Waals surface area (Å²) in [4.78, 5) is 34.7. The van der Waals surface area contributed by atoms with Gasteiger partial charge < -0.3 is 4.74 Å². The highest BCUT2D eigenvalue weighted by atomic mass is 17.2. The molecule has 5 heteroatoms. The zero-order valence-corrected chi connectivity index (χ0v) is 16.1. The lowest BCUT2D eigenvalue weighted by molar-refractivity contribution is -0.345. The van der Waals surface area contributed by atoms with Crippen molar-refractivity contribution >= 4 is 11.8 Å². The van der Waals surface area contributed by atoms with Crippen molar-refractivity contribution in [2.24, 2.45) is 23.2 Å². The smallest absolute Gasteiger partial charge is 0.302 e. The topological polar surface area (TPSA) is 61.8 Å². The van der Waals surface area contributed by atoms with Crippen molar-refractivity contribution in [1.29, 1.82) is 0 Å². The Labute approximate surface area is 146 Å². The van der Waals surface area contributed by atoms with Crippen LogP contribution in [0.3, 0.4) is 0 Å². The average molecular weight is 342 g/mol. The number of hydrogen-bond donors (Lipinski definition) is 0. The molecule has 24 heavy (non-hydrogen) atoms. The van der Waals surface area contributed by atoms with Crippen LogP contribution in [0, 0.1) is 23.2 Å². The number of ketones is 1. The zero-order chi connectivity index (χ0) is 18.3. The molecule has 0 aromatic carbocycles. The van der Waals surface area contributed by atoms with E-state index >= 15 is 0 Å². The fraction of sp³-hybridized carbons (Fsp3) is 0.895. The summed E-state index contributed by atoms with van der Waals surface area (Å²) in [7, 11) is 0. The Bertz CT molecular complexity index is 420. The maximum absolute atomic E-state index is 12.3. The normalized spacial score (nSPS) is 27.1. The molecule has 0 aromatic rings. The van der Waals surface area contributed by atoms with Gasteiger partial charge in [0.25, 0.3) is 0 Å². The minimum atomic E-state index is -0.298. The predicted octanol–water partition coefficient (Wildman–Crippen LogP) is 3.94. The predicted molar refractivity (Wildman–Crippen MR) is 92.2 cm³/mol. The van der Waals surface area contributed by atoms with Crippen molar-refractivity contribution in [1.82, 2.24) is 0 Å². The molecule has 0 radical (unpaired) electrons. The molecule has 1 fully saturated rings. The summed E-state index contributed by atoms with van der Waals surface area (Å²) < 4.78 is 5.27. The lowest BCUT2D eigenvalue weighted by Crippen LogP contribution is -2.47. The fourth-order valence-corrected chi connectivity index (χ4v) is 3.15. The summed E-state index contributed by atoms with van der Waals surface area (Å²) in [5.41, 5.74) is -0.298. The molecule has 0 bridgehead atoms. The zero-order valence-electron chi connectivity index (χ0n) is 16.1. The molecule has 1 aliphatic carbocycles. The van der Waals surface area contributed by atoms with Crippen molar-refractivity contribution in [3.8, 4) is 0 Å². The van der Waals surface area contributed by atoms with E-state index in [9.17, 15) is 9.59 Å². The Balaban J connectivity index is 2.78. The highest BCUT2D eigenvalue weighted by Crippen LogP contribution is 2.43. The minimum Gasteiger partial charge on any atom is -0.465 e. The van der Waals surface area contributed by atoms with E-state index in [-0.39, 0.29) is 35.1 Å². The number of Topliss-reactive ketones (excluding diaryl/α,β-unsaturated/α-hetero) is 1. The van der Waals surface area contributed by atoms with Crippen molar-refractivity contribution in [3.63, 3.8) is 0 Å². The molecule has 4 atom stereocenters. The van der Waals surface area contributed by atoms with Gasteiger partial charge >= 0.3 is 5.97 Å². The molecular formula is C19H34O5. The second-order valence-corrected chi connectivity index (χ2v) is 7.84. The first-order valence-electron chi connectivity index (χ1n) is 9.14. The van der Waals surface area contributed by atoms with Gasteiger partial charge in [0, 0.05) is 30.6 Å². The van der Waals surface area contributed by atoms with Gasteiger partial charge in [0.2, 0.25) is 0 Å². The molecule has 0 N–H and O–H groups in total. The Kier molecular flexibility index (Phi) is 8.37. The van der Waals surface area contributed by atoms with Crippen LogP contribution in [0.1, 0.15) is 67.2 Å². The molecule has 4 unspecified atom stereocenters. The van der Waals surface area contributed by atoms with Crippen molar-refractivity contribution in [2.45, 2.75) is 73.3 Å². The average Bonchev–Trinajstić information content (AvgIpc) is 2.52. The second-order valence-electron chi connectivity index (χ2n) is 7.84. The summed E-state index contributed by atoms with van der Waals surface area (Å²) in [5.74, 6) is 0.487. The maximum atomic E-state index is 12.3. The molecule has 140 valence electrons. The Hall–Kier alpha value is -0.940. The van der Waals surface area contributed by atoms with Crippen molar-refractivity contribution in [3.05, 3.63) is 0 Å². The van der Waals surface area contributed by atoms with E-state index in [0.29, 0.717) is 32.0 Å². The first-order chi connectivity index (χ1) is 11.2. The van der Waals surface area contributed by atoms with Gasteiger partial charge in [0.1, 0.15) is 5.78 Å². The Morgan fingerprint density at radius 3 is 2.58 bits per heavy atom. The van der Waals surface area contributed by atoms with Gasteiger partial charge in [-0.2, -0.15) is 0 Å². The number of ether oxygens (including phenoxy) is 1. The molecule has 1 saturated carbocycles. The van der Waals surface area contributed by atoms with E-state index in [2.05, 4.69) is 27.7 Å². The van der Waals surface area contributed by atoms with E-state index in [0.717, 1.165) is 12.8 Å². The molecule has 0 amide bonds. The number of carbonyl (C=O) groups excluding carboxylic acids is 2. The standard InChI is InChI=1S/C19H34O5/c1-7-19(6,12-22-15(5)20)16-11-17(21)14(4)10-18(16)24-23-9-8-13(2)3/h13-14,16,18H,7-12H2,1-6H3. The van der Waals surface area contributed by atoms with Crippen LogP contribution in [-0.2, 0) is 24.1 Å². The molecule has 1 rings (SSSR count). The molecule has 0 heterocycles. The first kappa shape index (κ1) is 21.1. The van der Waals surface area contributed by atoms with E-state index in [1.54, 1.807) is 0 Å². The molecule has 0 aromatic heterocycles. The number of carbonyl (C=O) groups is 2. The largest absolute Gasteiger partial charge is 0.465 e. The van der Waals surface area contributed by atoms with E-state index in [1.165, 1.54) is 6.92 Å². The van der Waals surface area contributed by atoms with Crippen LogP contribution in [0.15, 0.2) is 0 Å². The van der Waals surface area contributed by atoms with E-state index in [4.69, 9.17) is 14.5 Å². The molecule has 1 aliphatic rings. The van der Waals surface area contributed by atoms with Crippen LogP contribution < -0.4 is 0 Å². The van der Waals surface area contributed by atoms with Gasteiger partial charge in [-0.25, -0.2) is 9.78 Å². The number of rotatable bonds is 9. The lowest BCUT2D eigenvalue weighted by Gasteiger charge is -2.43. The van der Waals surface area contributed by atoms with Crippen LogP contribution in [0.2, 0.25) is 0 Å². The summed E-state index contributed by atoms with van der Waals surface area (Å²) in [6.07, 6.45) is 2.69. The fourth-order valence-electron chi connectivity index (χ4n) is 3.15. The quantitative estimate of drug-likeness (QED) is 0.275. The minimum absolute atomic E-state index is 0.00963. The Morgan fingerprint density at radius 1 is 1.38 bits per heavy atom. The molecular weight excluding hydrogens is 308 g/mol. The lowest BCUT2D eigenvalue weighted by atomic mass is 9.65. The summed E-state index contributed by atoms with van der Waals surface area (Å²) in [6, 6.07) is 0. The second kappa shape index (κ2) is 9.52. The van der Waals surface area contributed by atoms with E-state index < -0.39 is 0 Å². The third-order valence-corrected chi connectivity index (χ3v) is 5.28. The van der Waals surface area contributed by atoms with Crippen LogP contribution in [0.4, 0.5) is 0 Å². The third-order valence-electron chi connectivity index (χ3n) is 5.28. The van der Waals surface area contributed by atoms with Gasteiger partial charge in [0.05, 0.1) is 19.3 Å². The van der Waals surface area contributed by atoms with Gasteiger partial charge in [-0.15, -0.1) is 0 Å². The molecule has 0 aliphatic heterocycles. The molecule has 0 saturated heterocycles. The van der Waals surface area contributed by atoms with Gasteiger partial charge in [-0.3, -0.25) is 9.59 Å². The summed E-state index contributed by atoms with van der Waals surface area (Å²) in [6.45, 7) is 12.6. The highest BCUT2D eigenvalue weighted by Gasteiger charge is 2.45. The van der Waals surface area contributed by atoms with Crippen LogP contribution in [0.25, 0.3) is 0 Å². The number of esters is 1. The van der Waals surface area contributed by atoms with Gasteiger partial charge in [0.15, 0.2) is 0 Å².